The quantitative estimate of drug-likeness (QED) is 0.143. The fourth-order valence-electron chi connectivity index (χ4n) is 6.50. The fourth-order valence-corrected chi connectivity index (χ4v) is 7.68. The van der Waals surface area contributed by atoms with Crippen molar-refractivity contribution in [3.63, 3.8) is 0 Å². The molecule has 2 N–H and O–H groups in total. The van der Waals surface area contributed by atoms with Crippen molar-refractivity contribution in [2.45, 2.75) is 77.2 Å². The van der Waals surface area contributed by atoms with E-state index in [2.05, 4.69) is 44.1 Å². The Hall–Kier alpha value is -3.57. The number of carbonyl (C=O) groups excluding carboxylic acids is 1. The Balaban J connectivity index is 1.23. The number of halogens is 1. The van der Waals surface area contributed by atoms with Gasteiger partial charge in [-0.3, -0.25) is 10.2 Å². The molecule has 0 saturated carbocycles. The Bertz CT molecular complexity index is 1620. The summed E-state index contributed by atoms with van der Waals surface area (Å²) in [6.45, 7) is 14.3. The van der Waals surface area contributed by atoms with Crippen LogP contribution in [-0.4, -0.2) is 69.9 Å². The van der Waals surface area contributed by atoms with E-state index in [1.165, 1.54) is 0 Å². The lowest BCUT2D eigenvalue weighted by Crippen LogP contribution is -2.59. The SMILES string of the molecule is COc1cc(NC(=O)OCCCc2ccc(-c3ccccc3)c(N(C(=O)O)C3CN4CCC3CC4)c2)c(Cl)cc1CO[Si](C)(C)C(C)(C)C. The van der Waals surface area contributed by atoms with Crippen LogP contribution >= 0.6 is 11.6 Å². The molecule has 0 spiro atoms. The van der Waals surface area contributed by atoms with E-state index in [0.717, 1.165) is 54.7 Å². The second kappa shape index (κ2) is 15.5. The van der Waals surface area contributed by atoms with Gasteiger partial charge in [0.2, 0.25) is 0 Å². The molecule has 9 nitrogen and oxygen atoms in total. The summed E-state index contributed by atoms with van der Waals surface area (Å²) in [5.74, 6) is 0.919. The summed E-state index contributed by atoms with van der Waals surface area (Å²) < 4.78 is 17.5. The van der Waals surface area contributed by atoms with Crippen LogP contribution in [0.4, 0.5) is 21.0 Å². The molecule has 11 heteroatoms. The van der Waals surface area contributed by atoms with Gasteiger partial charge in [0.05, 0.1) is 42.8 Å². The van der Waals surface area contributed by atoms with Crippen LogP contribution in [0.25, 0.3) is 11.1 Å². The minimum atomic E-state index is -1.99. The number of hydrogen-bond donors (Lipinski definition) is 2. The number of fused-ring (bicyclic) bond motifs is 3. The summed E-state index contributed by atoms with van der Waals surface area (Å²) in [6, 6.07) is 19.3. The highest BCUT2D eigenvalue weighted by Crippen LogP contribution is 2.40. The number of nitrogens with one attached hydrogen (secondary N) is 1. The van der Waals surface area contributed by atoms with Crippen LogP contribution in [0.1, 0.15) is 51.2 Å². The maximum atomic E-state index is 12.9. The van der Waals surface area contributed by atoms with Crippen LogP contribution in [0.15, 0.2) is 60.7 Å². The summed E-state index contributed by atoms with van der Waals surface area (Å²) in [7, 11) is -0.411. The number of carboxylic acid groups (broad SMARTS) is 1. The Labute approximate surface area is 296 Å². The van der Waals surface area contributed by atoms with Crippen molar-refractivity contribution in [2.75, 3.05) is 43.6 Å². The van der Waals surface area contributed by atoms with Gasteiger partial charge in [-0.15, -0.1) is 0 Å². The molecule has 6 rings (SSSR count). The molecule has 3 heterocycles. The minimum absolute atomic E-state index is 0.0646. The first-order valence-corrected chi connectivity index (χ1v) is 20.4. The minimum Gasteiger partial charge on any atom is -0.496 e. The molecular weight excluding hydrogens is 658 g/mol. The zero-order chi connectivity index (χ0) is 35.3. The fraction of sp³-hybridized carbons (Fsp3) is 0.474. The summed E-state index contributed by atoms with van der Waals surface area (Å²) in [5, 5.41) is 13.7. The van der Waals surface area contributed by atoms with Crippen molar-refractivity contribution >= 4 is 43.5 Å². The van der Waals surface area contributed by atoms with Gasteiger partial charge >= 0.3 is 12.2 Å². The normalized spacial score (nSPS) is 19.0. The summed E-state index contributed by atoms with van der Waals surface area (Å²) >= 11 is 6.56. The van der Waals surface area contributed by atoms with Gasteiger partial charge in [-0.1, -0.05) is 74.8 Å². The van der Waals surface area contributed by atoms with Gasteiger partial charge in [-0.2, -0.15) is 0 Å². The number of anilines is 2. The van der Waals surface area contributed by atoms with Crippen LogP contribution in [0.3, 0.4) is 0 Å². The number of rotatable bonds is 12. The van der Waals surface area contributed by atoms with Gasteiger partial charge in [-0.05, 0) is 86.1 Å². The molecule has 0 aromatic heterocycles. The summed E-state index contributed by atoms with van der Waals surface area (Å²) in [5.41, 5.74) is 4.75. The number of benzene rings is 3. The molecule has 3 fully saturated rings. The first kappa shape index (κ1) is 36.7. The van der Waals surface area contributed by atoms with Crippen molar-refractivity contribution in [3.05, 3.63) is 76.8 Å². The molecule has 2 amide bonds. The summed E-state index contributed by atoms with van der Waals surface area (Å²) in [4.78, 5) is 29.6. The number of nitrogens with zero attached hydrogens (tertiary/aromatic N) is 2. The lowest BCUT2D eigenvalue weighted by molar-refractivity contribution is 0.0837. The lowest BCUT2D eigenvalue weighted by atomic mass is 9.82. The van der Waals surface area contributed by atoms with Crippen LogP contribution in [0, 0.1) is 5.92 Å². The molecule has 3 aromatic rings. The van der Waals surface area contributed by atoms with E-state index in [-0.39, 0.29) is 17.7 Å². The highest BCUT2D eigenvalue weighted by atomic mass is 35.5. The average molecular weight is 708 g/mol. The van der Waals surface area contributed by atoms with Gasteiger partial charge < -0.3 is 23.9 Å². The molecule has 3 aliphatic rings. The monoisotopic (exact) mass is 707 g/mol. The Morgan fingerprint density at radius 1 is 1.06 bits per heavy atom. The number of amides is 2. The van der Waals surface area contributed by atoms with E-state index in [0.29, 0.717) is 47.5 Å². The van der Waals surface area contributed by atoms with E-state index in [4.69, 9.17) is 25.5 Å². The smallest absolute Gasteiger partial charge is 0.412 e. The Morgan fingerprint density at radius 3 is 2.39 bits per heavy atom. The molecule has 0 aliphatic carbocycles. The number of ether oxygens (including phenoxy) is 2. The molecule has 2 bridgehead atoms. The van der Waals surface area contributed by atoms with Crippen molar-refractivity contribution in [1.82, 2.24) is 4.90 Å². The number of methoxy groups -OCH3 is 1. The molecular formula is C38H50ClN3O6Si. The highest BCUT2D eigenvalue weighted by molar-refractivity contribution is 6.74. The average Bonchev–Trinajstić information content (AvgIpc) is 3.07. The Kier molecular flexibility index (Phi) is 11.6. The molecule has 1 atom stereocenters. The van der Waals surface area contributed by atoms with Gasteiger partial charge in [0.15, 0.2) is 8.32 Å². The second-order valence-electron chi connectivity index (χ2n) is 14.6. The van der Waals surface area contributed by atoms with Gasteiger partial charge in [0.25, 0.3) is 0 Å². The van der Waals surface area contributed by atoms with Crippen molar-refractivity contribution in [1.29, 1.82) is 0 Å². The maximum absolute atomic E-state index is 12.9. The van der Waals surface area contributed by atoms with Crippen LogP contribution in [-0.2, 0) is 22.2 Å². The third-order valence-electron chi connectivity index (χ3n) is 10.4. The summed E-state index contributed by atoms with van der Waals surface area (Å²) in [6.07, 6.45) is 1.66. The van der Waals surface area contributed by atoms with E-state index >= 15 is 0 Å². The predicted molar refractivity (Wildman–Crippen MR) is 199 cm³/mol. The molecule has 3 aromatic carbocycles. The molecule has 0 radical (unpaired) electrons. The van der Waals surface area contributed by atoms with Crippen molar-refractivity contribution in [2.24, 2.45) is 5.92 Å². The van der Waals surface area contributed by atoms with Crippen LogP contribution in [0.2, 0.25) is 23.2 Å². The van der Waals surface area contributed by atoms with Gasteiger partial charge in [-0.25, -0.2) is 9.59 Å². The molecule has 3 aliphatic heterocycles. The predicted octanol–water partition coefficient (Wildman–Crippen LogP) is 9.30. The largest absolute Gasteiger partial charge is 0.496 e. The zero-order valence-electron chi connectivity index (χ0n) is 29.6. The zero-order valence-corrected chi connectivity index (χ0v) is 31.3. The number of piperidine rings is 3. The molecule has 1 unspecified atom stereocenters. The highest BCUT2D eigenvalue weighted by Gasteiger charge is 2.41. The molecule has 3 saturated heterocycles. The van der Waals surface area contributed by atoms with E-state index in [1.54, 1.807) is 24.1 Å². The first-order chi connectivity index (χ1) is 23.3. The second-order valence-corrected chi connectivity index (χ2v) is 19.8. The number of hydrogen-bond acceptors (Lipinski definition) is 6. The first-order valence-electron chi connectivity index (χ1n) is 17.1. The lowest BCUT2D eigenvalue weighted by Gasteiger charge is -2.48. The Morgan fingerprint density at radius 2 is 1.78 bits per heavy atom. The van der Waals surface area contributed by atoms with Crippen LogP contribution in [0.5, 0.6) is 5.75 Å². The van der Waals surface area contributed by atoms with Gasteiger partial charge in [0.1, 0.15) is 5.75 Å². The van der Waals surface area contributed by atoms with Crippen molar-refractivity contribution in [3.8, 4) is 16.9 Å². The standard InChI is InChI=1S/C38H50ClN3O6Si/c1-38(2,3)49(5,6)48-25-29-22-31(39)32(23-35(29)46-4)40-36(43)47-20-10-11-26-14-15-30(27-12-8-7-9-13-27)33(21-26)42(37(44)45)34-24-41-18-16-28(34)17-19-41/h7-9,12-15,21-23,28,34H,10-11,16-20,24-25H2,1-6H3,(H,40,43)(H,44,45). The van der Waals surface area contributed by atoms with Crippen molar-refractivity contribution < 1.29 is 28.6 Å². The maximum Gasteiger partial charge on any atom is 0.412 e. The molecule has 49 heavy (non-hydrogen) atoms. The van der Waals surface area contributed by atoms with E-state index in [9.17, 15) is 14.7 Å². The topological polar surface area (TPSA) is 101 Å². The van der Waals surface area contributed by atoms with Gasteiger partial charge in [0, 0.05) is 23.7 Å². The molecule has 264 valence electrons. The number of aryl methyl sites for hydroxylation is 1. The van der Waals surface area contributed by atoms with E-state index in [1.807, 2.05) is 48.5 Å². The third-order valence-corrected chi connectivity index (χ3v) is 15.2. The number of carbonyl (C=O) groups is 2. The third kappa shape index (κ3) is 8.78. The van der Waals surface area contributed by atoms with Crippen LogP contribution < -0.4 is 15.0 Å². The van der Waals surface area contributed by atoms with E-state index < -0.39 is 20.5 Å².